The molecule has 39 heavy (non-hydrogen) atoms. The molecule has 0 spiro atoms. The molecule has 0 heterocycles. The second-order valence-electron chi connectivity index (χ2n) is 11.2. The number of carboxylic acids is 1. The topological polar surface area (TPSA) is 88.1 Å². The van der Waals surface area contributed by atoms with Gasteiger partial charge in [-0.05, 0) is 69.1 Å². The molecule has 2 aromatic rings. The molecule has 2 saturated carbocycles. The number of hydrogen-bond donors (Lipinski definition) is 2. The molecule has 7 heteroatoms. The number of carboxylic acid groups (broad SMARTS) is 1. The molecular weight excluding hydrogens is 492 g/mol. The molecule has 0 radical (unpaired) electrons. The summed E-state index contributed by atoms with van der Waals surface area (Å²) in [5.74, 6) is -0.917. The number of urea groups is 1. The number of hydrogen-bond acceptors (Lipinski definition) is 4. The van der Waals surface area contributed by atoms with E-state index in [0.717, 1.165) is 49.7 Å². The van der Waals surface area contributed by atoms with Crippen LogP contribution in [0.3, 0.4) is 0 Å². The van der Waals surface area contributed by atoms with Crippen LogP contribution in [-0.2, 0) is 22.6 Å². The molecular formula is C32H44N2O5. The number of benzene rings is 2. The van der Waals surface area contributed by atoms with E-state index in [4.69, 9.17) is 9.47 Å². The van der Waals surface area contributed by atoms with Crippen LogP contribution >= 0.6 is 0 Å². The van der Waals surface area contributed by atoms with E-state index >= 15 is 0 Å². The number of ether oxygens (including phenoxy) is 2. The molecule has 2 atom stereocenters. The van der Waals surface area contributed by atoms with Gasteiger partial charge in [-0.3, -0.25) is 0 Å². The maximum atomic E-state index is 13.2. The average molecular weight is 537 g/mol. The van der Waals surface area contributed by atoms with Crippen molar-refractivity contribution in [2.45, 2.75) is 103 Å². The largest absolute Gasteiger partial charge is 0.478 e. The van der Waals surface area contributed by atoms with Crippen molar-refractivity contribution in [3.8, 4) is 0 Å². The number of nitrogens with zero attached hydrogens (tertiary/aromatic N) is 1. The van der Waals surface area contributed by atoms with Gasteiger partial charge < -0.3 is 24.8 Å². The first-order chi connectivity index (χ1) is 18.9. The zero-order valence-electron chi connectivity index (χ0n) is 23.5. The molecule has 2 aliphatic carbocycles. The van der Waals surface area contributed by atoms with E-state index in [1.807, 2.05) is 30.0 Å². The summed E-state index contributed by atoms with van der Waals surface area (Å²) >= 11 is 0. The fraction of sp³-hybridized carbons (Fsp3) is 0.562. The lowest BCUT2D eigenvalue weighted by molar-refractivity contribution is -0.0526. The number of aromatic carboxylic acids is 1. The van der Waals surface area contributed by atoms with Crippen LogP contribution in [0.15, 0.2) is 42.5 Å². The first-order valence-electron chi connectivity index (χ1n) is 14.5. The molecule has 2 aromatic carbocycles. The van der Waals surface area contributed by atoms with Crippen LogP contribution in [0.1, 0.15) is 90.4 Å². The SMILES string of the molecule is Cc1ccc(CN(CCO[C@H]2CCC[C@@H](OCc3cccc(C)c3C(=O)O)C2)C(=O)NC2CCCCC2)cc1. The van der Waals surface area contributed by atoms with Crippen LogP contribution in [0.5, 0.6) is 0 Å². The molecule has 0 saturated heterocycles. The lowest BCUT2D eigenvalue weighted by atomic mass is 9.94. The smallest absolute Gasteiger partial charge is 0.336 e. The minimum absolute atomic E-state index is 0.0108. The monoisotopic (exact) mass is 536 g/mol. The minimum atomic E-state index is -0.917. The van der Waals surface area contributed by atoms with Crippen molar-refractivity contribution < 1.29 is 24.2 Å². The van der Waals surface area contributed by atoms with Crippen molar-refractivity contribution in [2.24, 2.45) is 0 Å². The Kier molecular flexibility index (Phi) is 10.8. The number of nitrogens with one attached hydrogen (secondary N) is 1. The van der Waals surface area contributed by atoms with E-state index in [1.54, 1.807) is 0 Å². The third kappa shape index (κ3) is 8.80. The first kappa shape index (κ1) is 29.1. The van der Waals surface area contributed by atoms with Crippen molar-refractivity contribution in [1.29, 1.82) is 0 Å². The third-order valence-corrected chi connectivity index (χ3v) is 8.05. The number of carbonyl (C=O) groups is 2. The molecule has 212 valence electrons. The molecule has 7 nitrogen and oxygen atoms in total. The van der Waals surface area contributed by atoms with E-state index in [9.17, 15) is 14.7 Å². The zero-order chi connectivity index (χ0) is 27.6. The van der Waals surface area contributed by atoms with E-state index in [2.05, 4.69) is 36.5 Å². The van der Waals surface area contributed by atoms with Gasteiger partial charge in [0, 0.05) is 19.1 Å². The van der Waals surface area contributed by atoms with Crippen molar-refractivity contribution >= 4 is 12.0 Å². The summed E-state index contributed by atoms with van der Waals surface area (Å²) in [6.45, 7) is 5.72. The molecule has 0 aromatic heterocycles. The summed E-state index contributed by atoms with van der Waals surface area (Å²) in [5.41, 5.74) is 4.11. The van der Waals surface area contributed by atoms with Crippen molar-refractivity contribution in [1.82, 2.24) is 10.2 Å². The third-order valence-electron chi connectivity index (χ3n) is 8.05. The summed E-state index contributed by atoms with van der Waals surface area (Å²) in [6.07, 6.45) is 9.52. The fourth-order valence-corrected chi connectivity index (χ4v) is 5.78. The lowest BCUT2D eigenvalue weighted by Crippen LogP contribution is -2.46. The Hall–Kier alpha value is -2.90. The predicted molar refractivity (Wildman–Crippen MR) is 152 cm³/mol. The molecule has 4 rings (SSSR count). The van der Waals surface area contributed by atoms with Gasteiger partial charge in [0.1, 0.15) is 0 Å². The van der Waals surface area contributed by atoms with Gasteiger partial charge in [-0.1, -0.05) is 67.3 Å². The summed E-state index contributed by atoms with van der Waals surface area (Å²) in [5, 5.41) is 12.9. The Morgan fingerprint density at radius 2 is 1.64 bits per heavy atom. The molecule has 2 N–H and O–H groups in total. The van der Waals surface area contributed by atoms with Crippen molar-refractivity contribution in [3.05, 3.63) is 70.3 Å². The van der Waals surface area contributed by atoms with Gasteiger partial charge in [0.2, 0.25) is 0 Å². The van der Waals surface area contributed by atoms with Gasteiger partial charge in [0.25, 0.3) is 0 Å². The summed E-state index contributed by atoms with van der Waals surface area (Å²) in [4.78, 5) is 26.8. The maximum Gasteiger partial charge on any atom is 0.336 e. The zero-order valence-corrected chi connectivity index (χ0v) is 23.5. The van der Waals surface area contributed by atoms with Crippen molar-refractivity contribution in [3.63, 3.8) is 0 Å². The first-order valence-corrected chi connectivity index (χ1v) is 14.5. The summed E-state index contributed by atoms with van der Waals surface area (Å²) in [6, 6.07) is 14.1. The van der Waals surface area contributed by atoms with Gasteiger partial charge in [0.05, 0.1) is 31.0 Å². The van der Waals surface area contributed by atoms with Gasteiger partial charge in [-0.15, -0.1) is 0 Å². The molecule has 2 aliphatic rings. The van der Waals surface area contributed by atoms with Crippen molar-refractivity contribution in [2.75, 3.05) is 13.2 Å². The van der Waals surface area contributed by atoms with Crippen LogP contribution in [0.2, 0.25) is 0 Å². The highest BCUT2D eigenvalue weighted by Crippen LogP contribution is 2.26. The number of rotatable bonds is 11. The van der Waals surface area contributed by atoms with Gasteiger partial charge in [0.15, 0.2) is 0 Å². The highest BCUT2D eigenvalue weighted by atomic mass is 16.5. The Morgan fingerprint density at radius 3 is 2.36 bits per heavy atom. The maximum absolute atomic E-state index is 13.2. The Bertz CT molecular complexity index is 1080. The quantitative estimate of drug-likeness (QED) is 0.347. The minimum Gasteiger partial charge on any atom is -0.478 e. The summed E-state index contributed by atoms with van der Waals surface area (Å²) < 4.78 is 12.4. The molecule has 0 bridgehead atoms. The second kappa shape index (κ2) is 14.5. The molecule has 2 fully saturated rings. The standard InChI is InChI=1S/C32H44N2O5/c1-23-14-16-25(17-15-23)21-34(32(37)33-27-10-4-3-5-11-27)18-19-38-28-12-7-13-29(20-28)39-22-26-9-6-8-24(2)30(26)31(35)36/h6,8-9,14-17,27-29H,3-5,7,10-13,18-22H2,1-2H3,(H,33,37)(H,35,36)/t28-,29+/m0/s1. The van der Waals surface area contributed by atoms with Crippen LogP contribution in [0.4, 0.5) is 4.79 Å². The van der Waals surface area contributed by atoms with E-state index in [1.165, 1.54) is 24.8 Å². The van der Waals surface area contributed by atoms with Gasteiger partial charge in [-0.2, -0.15) is 0 Å². The molecule has 0 unspecified atom stereocenters. The highest BCUT2D eigenvalue weighted by Gasteiger charge is 2.25. The lowest BCUT2D eigenvalue weighted by Gasteiger charge is -2.31. The van der Waals surface area contributed by atoms with E-state index in [0.29, 0.717) is 30.8 Å². The second-order valence-corrected chi connectivity index (χ2v) is 11.2. The average Bonchev–Trinajstić information content (AvgIpc) is 2.93. The van der Waals surface area contributed by atoms with Crippen LogP contribution in [0, 0.1) is 13.8 Å². The Labute approximate surface area is 232 Å². The normalized spacial score (nSPS) is 19.9. The summed E-state index contributed by atoms with van der Waals surface area (Å²) in [7, 11) is 0. The van der Waals surface area contributed by atoms with E-state index < -0.39 is 5.97 Å². The molecule has 0 aliphatic heterocycles. The number of aryl methyl sites for hydroxylation is 2. The molecule has 2 amide bonds. The number of amides is 2. The van der Waals surface area contributed by atoms with Crippen LogP contribution < -0.4 is 5.32 Å². The van der Waals surface area contributed by atoms with Crippen LogP contribution in [0.25, 0.3) is 0 Å². The Balaban J connectivity index is 1.28. The number of carbonyl (C=O) groups excluding carboxylic acids is 1. The van der Waals surface area contributed by atoms with E-state index in [-0.39, 0.29) is 30.9 Å². The van der Waals surface area contributed by atoms with Crippen LogP contribution in [-0.4, -0.2) is 53.4 Å². The van der Waals surface area contributed by atoms with Gasteiger partial charge >= 0.3 is 12.0 Å². The highest BCUT2D eigenvalue weighted by molar-refractivity contribution is 5.91. The Morgan fingerprint density at radius 1 is 0.923 bits per heavy atom. The fourth-order valence-electron chi connectivity index (χ4n) is 5.78. The van der Waals surface area contributed by atoms with Gasteiger partial charge in [-0.25, -0.2) is 9.59 Å². The predicted octanol–water partition coefficient (Wildman–Crippen LogP) is 6.39.